The molecule has 2 heterocycles. The summed E-state index contributed by atoms with van der Waals surface area (Å²) in [5, 5.41) is 3.09. The second-order valence-corrected chi connectivity index (χ2v) is 5.70. The van der Waals surface area contributed by atoms with Crippen LogP contribution in [0.25, 0.3) is 0 Å². The normalized spacial score (nSPS) is 17.1. The zero-order chi connectivity index (χ0) is 15.3. The van der Waals surface area contributed by atoms with Crippen molar-refractivity contribution in [3.63, 3.8) is 0 Å². The van der Waals surface area contributed by atoms with E-state index in [-0.39, 0.29) is 5.91 Å². The predicted octanol–water partition coefficient (Wildman–Crippen LogP) is 2.69. The zero-order valence-corrected chi connectivity index (χ0v) is 12.6. The van der Waals surface area contributed by atoms with Gasteiger partial charge in [-0.3, -0.25) is 4.79 Å². The predicted molar refractivity (Wildman–Crippen MR) is 83.6 cm³/mol. The highest BCUT2D eigenvalue weighted by Gasteiger charge is 2.41. The summed E-state index contributed by atoms with van der Waals surface area (Å²) in [5.74, 6) is 0.102. The molecule has 1 fully saturated rings. The van der Waals surface area contributed by atoms with Gasteiger partial charge in [0.1, 0.15) is 0 Å². The lowest BCUT2D eigenvalue weighted by Crippen LogP contribution is -2.48. The Balaban J connectivity index is 1.70. The van der Waals surface area contributed by atoms with Crippen LogP contribution in [0.15, 0.2) is 53.3 Å². The van der Waals surface area contributed by atoms with Gasteiger partial charge in [0.05, 0.1) is 17.9 Å². The number of nitrogens with one attached hydrogen (secondary N) is 1. The summed E-state index contributed by atoms with van der Waals surface area (Å²) in [5.41, 5.74) is 1.72. The SMILES string of the molecule is O=C(NCCc1ccoc1)C1(c2ccccc2)CCOCC1. The number of benzene rings is 1. The number of carbonyl (C=O) groups excluding carboxylic acids is 1. The molecule has 1 aliphatic rings. The summed E-state index contributed by atoms with van der Waals surface area (Å²) in [6, 6.07) is 12.0. The number of rotatable bonds is 5. The highest BCUT2D eigenvalue weighted by Crippen LogP contribution is 2.35. The van der Waals surface area contributed by atoms with Gasteiger partial charge in [0.2, 0.25) is 5.91 Å². The molecule has 0 saturated carbocycles. The van der Waals surface area contributed by atoms with Crippen molar-refractivity contribution in [1.82, 2.24) is 5.32 Å². The van der Waals surface area contributed by atoms with Crippen LogP contribution in [0.4, 0.5) is 0 Å². The lowest BCUT2D eigenvalue weighted by molar-refractivity contribution is -0.130. The molecule has 1 N–H and O–H groups in total. The summed E-state index contributed by atoms with van der Waals surface area (Å²) in [4.78, 5) is 12.9. The molecule has 1 saturated heterocycles. The maximum Gasteiger partial charge on any atom is 0.230 e. The fourth-order valence-corrected chi connectivity index (χ4v) is 3.05. The zero-order valence-electron chi connectivity index (χ0n) is 12.6. The second kappa shape index (κ2) is 6.79. The first-order valence-corrected chi connectivity index (χ1v) is 7.74. The van der Waals surface area contributed by atoms with Crippen LogP contribution in [0.1, 0.15) is 24.0 Å². The number of amides is 1. The highest BCUT2D eigenvalue weighted by atomic mass is 16.5. The van der Waals surface area contributed by atoms with Crippen LogP contribution in [0.2, 0.25) is 0 Å². The molecular formula is C18H21NO3. The molecule has 0 aliphatic carbocycles. The Kier molecular flexibility index (Phi) is 4.59. The lowest BCUT2D eigenvalue weighted by Gasteiger charge is -2.36. The fraction of sp³-hybridized carbons (Fsp3) is 0.389. The Hall–Kier alpha value is -2.07. The van der Waals surface area contributed by atoms with Crippen LogP contribution in [0.3, 0.4) is 0 Å². The van der Waals surface area contributed by atoms with E-state index in [9.17, 15) is 4.79 Å². The minimum Gasteiger partial charge on any atom is -0.472 e. The van der Waals surface area contributed by atoms with Crippen molar-refractivity contribution >= 4 is 5.91 Å². The van der Waals surface area contributed by atoms with E-state index in [1.807, 2.05) is 36.4 Å². The van der Waals surface area contributed by atoms with Crippen molar-refractivity contribution in [2.24, 2.45) is 0 Å². The summed E-state index contributed by atoms with van der Waals surface area (Å²) in [7, 11) is 0. The summed E-state index contributed by atoms with van der Waals surface area (Å²) < 4.78 is 10.5. The van der Waals surface area contributed by atoms with Gasteiger partial charge < -0.3 is 14.5 Å². The van der Waals surface area contributed by atoms with E-state index >= 15 is 0 Å². The van der Waals surface area contributed by atoms with Crippen molar-refractivity contribution in [2.45, 2.75) is 24.7 Å². The lowest BCUT2D eigenvalue weighted by atomic mass is 9.73. The van der Waals surface area contributed by atoms with E-state index in [1.54, 1.807) is 12.5 Å². The van der Waals surface area contributed by atoms with Crippen LogP contribution < -0.4 is 5.32 Å². The van der Waals surface area contributed by atoms with Crippen molar-refractivity contribution in [3.8, 4) is 0 Å². The minimum absolute atomic E-state index is 0.102. The summed E-state index contributed by atoms with van der Waals surface area (Å²) in [6.07, 6.45) is 5.61. The van der Waals surface area contributed by atoms with E-state index in [4.69, 9.17) is 9.15 Å². The maximum absolute atomic E-state index is 12.9. The Bertz CT molecular complexity index is 586. The smallest absolute Gasteiger partial charge is 0.230 e. The molecular weight excluding hydrogens is 278 g/mol. The van der Waals surface area contributed by atoms with Gasteiger partial charge in [-0.05, 0) is 36.5 Å². The van der Waals surface area contributed by atoms with E-state index in [0.717, 1.165) is 30.4 Å². The third-order valence-electron chi connectivity index (χ3n) is 4.39. The van der Waals surface area contributed by atoms with Crippen LogP contribution in [0.5, 0.6) is 0 Å². The van der Waals surface area contributed by atoms with Crippen LogP contribution in [-0.2, 0) is 21.4 Å². The molecule has 1 amide bonds. The van der Waals surface area contributed by atoms with Gasteiger partial charge in [-0.15, -0.1) is 0 Å². The molecule has 4 heteroatoms. The van der Waals surface area contributed by atoms with Gasteiger partial charge in [-0.1, -0.05) is 30.3 Å². The Morgan fingerprint density at radius 1 is 1.14 bits per heavy atom. The molecule has 22 heavy (non-hydrogen) atoms. The summed E-state index contributed by atoms with van der Waals surface area (Å²) in [6.45, 7) is 1.88. The van der Waals surface area contributed by atoms with Gasteiger partial charge >= 0.3 is 0 Å². The van der Waals surface area contributed by atoms with Crippen molar-refractivity contribution in [1.29, 1.82) is 0 Å². The molecule has 3 rings (SSSR count). The number of ether oxygens (including phenoxy) is 1. The molecule has 4 nitrogen and oxygen atoms in total. The fourth-order valence-electron chi connectivity index (χ4n) is 3.05. The molecule has 0 atom stereocenters. The molecule has 116 valence electrons. The average Bonchev–Trinajstić information content (AvgIpc) is 3.09. The Morgan fingerprint density at radius 2 is 1.91 bits per heavy atom. The van der Waals surface area contributed by atoms with Gasteiger partial charge in [0.25, 0.3) is 0 Å². The average molecular weight is 299 g/mol. The molecule has 1 aromatic heterocycles. The largest absolute Gasteiger partial charge is 0.472 e. The number of hydrogen-bond acceptors (Lipinski definition) is 3. The first-order valence-electron chi connectivity index (χ1n) is 7.74. The standard InChI is InChI=1S/C18H21NO3/c20-17(19-10-6-15-7-11-22-14-15)18(8-12-21-13-9-18)16-4-2-1-3-5-16/h1-5,7,11,14H,6,8-10,12-13H2,(H,19,20). The number of furan rings is 1. The first-order chi connectivity index (χ1) is 10.8. The summed E-state index contributed by atoms with van der Waals surface area (Å²) >= 11 is 0. The molecule has 2 aromatic rings. The molecule has 1 aliphatic heterocycles. The van der Waals surface area contributed by atoms with E-state index in [1.165, 1.54) is 0 Å². The monoisotopic (exact) mass is 299 g/mol. The van der Waals surface area contributed by atoms with Crippen LogP contribution in [-0.4, -0.2) is 25.7 Å². The third-order valence-corrected chi connectivity index (χ3v) is 4.39. The van der Waals surface area contributed by atoms with Gasteiger partial charge in [-0.25, -0.2) is 0 Å². The second-order valence-electron chi connectivity index (χ2n) is 5.70. The molecule has 0 unspecified atom stereocenters. The topological polar surface area (TPSA) is 51.5 Å². The van der Waals surface area contributed by atoms with Crippen molar-refractivity contribution in [3.05, 3.63) is 60.1 Å². The van der Waals surface area contributed by atoms with Gasteiger partial charge in [-0.2, -0.15) is 0 Å². The van der Waals surface area contributed by atoms with Gasteiger partial charge in [0, 0.05) is 19.8 Å². The molecule has 0 radical (unpaired) electrons. The molecule has 1 aromatic carbocycles. The third kappa shape index (κ3) is 3.07. The van der Waals surface area contributed by atoms with Crippen molar-refractivity contribution < 1.29 is 13.9 Å². The Morgan fingerprint density at radius 3 is 2.59 bits per heavy atom. The van der Waals surface area contributed by atoms with E-state index in [2.05, 4.69) is 5.32 Å². The minimum atomic E-state index is -0.462. The van der Waals surface area contributed by atoms with Crippen LogP contribution >= 0.6 is 0 Å². The first kappa shape index (κ1) is 14.9. The Labute approximate surface area is 130 Å². The quantitative estimate of drug-likeness (QED) is 0.923. The molecule has 0 bridgehead atoms. The van der Waals surface area contributed by atoms with Gasteiger partial charge in [0.15, 0.2) is 0 Å². The number of hydrogen-bond donors (Lipinski definition) is 1. The van der Waals surface area contributed by atoms with Crippen LogP contribution in [0, 0.1) is 0 Å². The van der Waals surface area contributed by atoms with E-state index in [0.29, 0.717) is 19.8 Å². The highest BCUT2D eigenvalue weighted by molar-refractivity contribution is 5.88. The molecule has 0 spiro atoms. The maximum atomic E-state index is 12.9. The van der Waals surface area contributed by atoms with Crippen molar-refractivity contribution in [2.75, 3.05) is 19.8 Å². The number of carbonyl (C=O) groups is 1. The van der Waals surface area contributed by atoms with E-state index < -0.39 is 5.41 Å².